The Morgan fingerprint density at radius 3 is 2.23 bits per heavy atom. The highest BCUT2D eigenvalue weighted by molar-refractivity contribution is 7.92. The lowest BCUT2D eigenvalue weighted by Crippen LogP contribution is -2.35. The molecular weight excluding hydrogens is 428 g/mol. The summed E-state index contributed by atoms with van der Waals surface area (Å²) in [5.41, 5.74) is 0.000711. The number of nitrogens with one attached hydrogen (secondary N) is 1. The number of hydrogen-bond donors (Lipinski definition) is 1. The lowest BCUT2D eigenvalue weighted by Gasteiger charge is -2.19. The van der Waals surface area contributed by atoms with Gasteiger partial charge in [0, 0.05) is 18.1 Å². The molecule has 2 rings (SSSR count). The monoisotopic (exact) mass is 448 g/mol. The van der Waals surface area contributed by atoms with E-state index >= 15 is 0 Å². The highest BCUT2D eigenvalue weighted by Gasteiger charge is 2.21. The minimum Gasteiger partial charge on any atom is -0.452 e. The van der Waals surface area contributed by atoms with Crippen molar-refractivity contribution in [3.05, 3.63) is 84.4 Å². The predicted octanol–water partition coefficient (Wildman–Crippen LogP) is 3.50. The van der Waals surface area contributed by atoms with E-state index in [0.29, 0.717) is 5.02 Å². The number of para-hydroxylation sites is 1. The third kappa shape index (κ3) is 6.20. The van der Waals surface area contributed by atoms with Crippen LogP contribution in [0.4, 0.5) is 5.69 Å². The van der Waals surface area contributed by atoms with Gasteiger partial charge in [0.25, 0.3) is 15.9 Å². The molecule has 0 saturated heterocycles. The molecule has 0 aliphatic heterocycles. The normalized spacial score (nSPS) is 10.7. The standard InChI is InChI=1S/C21H21ClN2O5S/c1-3-13-24(14-4-2)20(25)15-29-21(26)18-7-5-6-8-19(18)23-30(27,28)17-11-9-16(22)10-12-17/h3-12,23H,1-2,13-15H2. The Labute approximate surface area is 180 Å². The first-order valence-corrected chi connectivity index (χ1v) is 10.7. The Kier molecular flexibility index (Phi) is 8.20. The Morgan fingerprint density at radius 2 is 1.63 bits per heavy atom. The maximum absolute atomic E-state index is 12.6. The van der Waals surface area contributed by atoms with Gasteiger partial charge in [0.15, 0.2) is 6.61 Å². The summed E-state index contributed by atoms with van der Waals surface area (Å²) >= 11 is 5.79. The number of rotatable bonds is 10. The van der Waals surface area contributed by atoms with Gasteiger partial charge in [-0.1, -0.05) is 35.9 Å². The Hall–Kier alpha value is -3.10. The van der Waals surface area contributed by atoms with Gasteiger partial charge in [-0.2, -0.15) is 0 Å². The quantitative estimate of drug-likeness (QED) is 0.443. The van der Waals surface area contributed by atoms with Gasteiger partial charge < -0.3 is 9.64 Å². The van der Waals surface area contributed by atoms with Gasteiger partial charge in [0.1, 0.15) is 0 Å². The Morgan fingerprint density at radius 1 is 1.03 bits per heavy atom. The molecule has 9 heteroatoms. The zero-order chi connectivity index (χ0) is 22.1. The molecule has 0 atom stereocenters. The third-order valence-electron chi connectivity index (χ3n) is 3.89. The van der Waals surface area contributed by atoms with Crippen LogP contribution < -0.4 is 4.72 Å². The number of sulfonamides is 1. The summed E-state index contributed by atoms with van der Waals surface area (Å²) in [6.45, 7) is 7.20. The van der Waals surface area contributed by atoms with Crippen LogP contribution in [-0.4, -0.2) is 44.9 Å². The van der Waals surface area contributed by atoms with Crippen molar-refractivity contribution in [3.8, 4) is 0 Å². The number of halogens is 1. The maximum atomic E-state index is 12.6. The number of hydrogen-bond acceptors (Lipinski definition) is 5. The average molecular weight is 449 g/mol. The van der Waals surface area contributed by atoms with Crippen LogP contribution in [0.3, 0.4) is 0 Å². The van der Waals surface area contributed by atoms with E-state index in [2.05, 4.69) is 17.9 Å². The fourth-order valence-corrected chi connectivity index (χ4v) is 3.66. The number of benzene rings is 2. The summed E-state index contributed by atoms with van der Waals surface area (Å²) < 4.78 is 32.7. The molecule has 0 heterocycles. The van der Waals surface area contributed by atoms with Crippen LogP contribution in [0.2, 0.25) is 5.02 Å². The van der Waals surface area contributed by atoms with Gasteiger partial charge in [0.05, 0.1) is 16.1 Å². The number of amides is 1. The molecule has 0 fully saturated rings. The van der Waals surface area contributed by atoms with Gasteiger partial charge in [-0.25, -0.2) is 13.2 Å². The molecule has 0 aliphatic carbocycles. The van der Waals surface area contributed by atoms with Crippen molar-refractivity contribution < 1.29 is 22.7 Å². The molecule has 158 valence electrons. The second kappa shape index (κ2) is 10.6. The van der Waals surface area contributed by atoms with Crippen LogP contribution >= 0.6 is 11.6 Å². The van der Waals surface area contributed by atoms with Crippen molar-refractivity contribution >= 4 is 39.2 Å². The summed E-state index contributed by atoms with van der Waals surface area (Å²) in [6, 6.07) is 11.5. The van der Waals surface area contributed by atoms with Crippen molar-refractivity contribution in [1.82, 2.24) is 4.90 Å². The number of esters is 1. The van der Waals surface area contributed by atoms with E-state index in [1.807, 2.05) is 0 Å². The Balaban J connectivity index is 2.15. The van der Waals surface area contributed by atoms with E-state index in [4.69, 9.17) is 16.3 Å². The molecular formula is C21H21ClN2O5S. The van der Waals surface area contributed by atoms with E-state index in [1.54, 1.807) is 24.3 Å². The summed E-state index contributed by atoms with van der Waals surface area (Å²) in [5.74, 6) is -1.27. The predicted molar refractivity (Wildman–Crippen MR) is 116 cm³/mol. The molecule has 0 saturated carbocycles. The Bertz CT molecular complexity index is 1030. The highest BCUT2D eigenvalue weighted by Crippen LogP contribution is 2.22. The number of ether oxygens (including phenoxy) is 1. The topological polar surface area (TPSA) is 92.8 Å². The van der Waals surface area contributed by atoms with E-state index < -0.39 is 28.5 Å². The van der Waals surface area contributed by atoms with Crippen molar-refractivity contribution in [2.75, 3.05) is 24.4 Å². The third-order valence-corrected chi connectivity index (χ3v) is 5.53. The van der Waals surface area contributed by atoms with Crippen molar-refractivity contribution in [3.63, 3.8) is 0 Å². The smallest absolute Gasteiger partial charge is 0.340 e. The molecule has 0 aliphatic rings. The molecule has 0 aromatic heterocycles. The van der Waals surface area contributed by atoms with Crippen LogP contribution in [0.15, 0.2) is 78.7 Å². The molecule has 0 unspecified atom stereocenters. The van der Waals surface area contributed by atoms with E-state index in [1.165, 1.54) is 41.3 Å². The first kappa shape index (κ1) is 23.2. The molecule has 0 radical (unpaired) electrons. The van der Waals surface area contributed by atoms with Crippen molar-refractivity contribution in [2.45, 2.75) is 4.90 Å². The molecule has 7 nitrogen and oxygen atoms in total. The average Bonchev–Trinajstić information content (AvgIpc) is 2.72. The first-order chi connectivity index (χ1) is 14.3. The number of carbonyl (C=O) groups is 2. The van der Waals surface area contributed by atoms with Crippen LogP contribution in [0.5, 0.6) is 0 Å². The lowest BCUT2D eigenvalue weighted by molar-refractivity contribution is -0.133. The lowest BCUT2D eigenvalue weighted by atomic mass is 10.2. The first-order valence-electron chi connectivity index (χ1n) is 8.82. The largest absolute Gasteiger partial charge is 0.452 e. The van der Waals surface area contributed by atoms with Crippen LogP contribution in [0.25, 0.3) is 0 Å². The summed E-state index contributed by atoms with van der Waals surface area (Å²) in [6.07, 6.45) is 3.09. The van der Waals surface area contributed by atoms with Crippen LogP contribution in [-0.2, 0) is 19.6 Å². The molecule has 1 N–H and O–H groups in total. The van der Waals surface area contributed by atoms with E-state index in [0.717, 1.165) is 0 Å². The number of nitrogens with zero attached hydrogens (tertiary/aromatic N) is 1. The zero-order valence-corrected chi connectivity index (χ0v) is 17.7. The molecule has 0 bridgehead atoms. The van der Waals surface area contributed by atoms with Gasteiger partial charge in [-0.3, -0.25) is 9.52 Å². The van der Waals surface area contributed by atoms with Gasteiger partial charge in [-0.05, 0) is 36.4 Å². The fraction of sp³-hybridized carbons (Fsp3) is 0.143. The van der Waals surface area contributed by atoms with Crippen LogP contribution in [0, 0.1) is 0 Å². The minimum absolute atomic E-state index is 0.0188. The van der Waals surface area contributed by atoms with Gasteiger partial charge in [0.2, 0.25) is 0 Å². The summed E-state index contributed by atoms with van der Waals surface area (Å²) in [4.78, 5) is 26.1. The number of anilines is 1. The molecule has 0 spiro atoms. The summed E-state index contributed by atoms with van der Waals surface area (Å²) in [7, 11) is -3.96. The number of carbonyl (C=O) groups excluding carboxylic acids is 2. The second-order valence-corrected chi connectivity index (χ2v) is 8.18. The van der Waals surface area contributed by atoms with E-state index in [9.17, 15) is 18.0 Å². The SMILES string of the molecule is C=CCN(CC=C)C(=O)COC(=O)c1ccccc1NS(=O)(=O)c1ccc(Cl)cc1. The van der Waals surface area contributed by atoms with Crippen LogP contribution in [0.1, 0.15) is 10.4 Å². The summed E-state index contributed by atoms with van der Waals surface area (Å²) in [5, 5.41) is 0.393. The molecule has 1 amide bonds. The molecule has 2 aromatic rings. The van der Waals surface area contributed by atoms with Crippen molar-refractivity contribution in [1.29, 1.82) is 0 Å². The molecule has 30 heavy (non-hydrogen) atoms. The van der Waals surface area contributed by atoms with Gasteiger partial charge >= 0.3 is 5.97 Å². The maximum Gasteiger partial charge on any atom is 0.340 e. The van der Waals surface area contributed by atoms with Gasteiger partial charge in [-0.15, -0.1) is 13.2 Å². The zero-order valence-electron chi connectivity index (χ0n) is 16.1. The fourth-order valence-electron chi connectivity index (χ4n) is 2.45. The molecule has 2 aromatic carbocycles. The minimum atomic E-state index is -3.96. The highest BCUT2D eigenvalue weighted by atomic mass is 35.5. The second-order valence-electron chi connectivity index (χ2n) is 6.06. The van der Waals surface area contributed by atoms with E-state index in [-0.39, 0.29) is 29.2 Å². The van der Waals surface area contributed by atoms with Crippen molar-refractivity contribution in [2.24, 2.45) is 0 Å².